The van der Waals surface area contributed by atoms with E-state index in [2.05, 4.69) is 10.1 Å². The summed E-state index contributed by atoms with van der Waals surface area (Å²) in [5.74, 6) is -0.367. The molecule has 0 atom stereocenters. The maximum atomic E-state index is 12.5. The largest absolute Gasteiger partial charge is 0.496 e. The highest BCUT2D eigenvalue weighted by atomic mass is 32.2. The molecule has 0 aliphatic rings. The summed E-state index contributed by atoms with van der Waals surface area (Å²) in [6, 6.07) is 8.18. The fraction of sp³-hybridized carbons (Fsp3) is 0.278. The number of nitrogens with one attached hydrogen (secondary N) is 1. The molecule has 0 saturated heterocycles. The molecule has 0 fully saturated rings. The van der Waals surface area contributed by atoms with Gasteiger partial charge in [0, 0.05) is 6.54 Å². The lowest BCUT2D eigenvalue weighted by molar-refractivity contribution is -0.0512. The fourth-order valence-electron chi connectivity index (χ4n) is 2.52. The molecule has 0 aromatic heterocycles. The van der Waals surface area contributed by atoms with Crippen LogP contribution in [0.3, 0.4) is 0 Å². The highest BCUT2D eigenvalue weighted by Gasteiger charge is 2.17. The smallest absolute Gasteiger partial charge is 0.387 e. The average Bonchev–Trinajstić information content (AvgIpc) is 2.66. The Bertz CT molecular complexity index is 982. The molecular weight excluding hydrogens is 410 g/mol. The molecule has 2 aromatic carbocycles. The summed E-state index contributed by atoms with van der Waals surface area (Å²) in [5.41, 5.74) is 0.613. The van der Waals surface area contributed by atoms with E-state index in [1.54, 1.807) is 6.07 Å². The summed E-state index contributed by atoms with van der Waals surface area (Å²) >= 11 is 0. The number of benzene rings is 2. The van der Waals surface area contributed by atoms with Crippen LogP contribution < -0.4 is 24.7 Å². The predicted molar refractivity (Wildman–Crippen MR) is 100 cm³/mol. The summed E-state index contributed by atoms with van der Waals surface area (Å²) in [6.07, 6.45) is 0.298. The number of sulfonamides is 1. The third-order valence-electron chi connectivity index (χ3n) is 3.89. The molecule has 2 rings (SSSR count). The van der Waals surface area contributed by atoms with E-state index in [0.29, 0.717) is 12.0 Å². The second kappa shape index (κ2) is 9.52. The van der Waals surface area contributed by atoms with Crippen LogP contribution in [0.4, 0.5) is 8.78 Å². The minimum atomic E-state index is -3.99. The summed E-state index contributed by atoms with van der Waals surface area (Å²) in [4.78, 5) is 12.2. The number of hydrogen-bond acceptors (Lipinski definition) is 6. The summed E-state index contributed by atoms with van der Waals surface area (Å²) < 4.78 is 62.5. The Labute approximate surface area is 166 Å². The molecule has 158 valence electrons. The van der Waals surface area contributed by atoms with E-state index in [-0.39, 0.29) is 34.3 Å². The van der Waals surface area contributed by atoms with Gasteiger partial charge in [0.05, 0.1) is 24.7 Å². The van der Waals surface area contributed by atoms with Gasteiger partial charge in [0.15, 0.2) is 11.5 Å². The number of carbonyl (C=O) groups excluding carboxylic acids is 1. The third kappa shape index (κ3) is 6.03. The molecule has 0 aliphatic carbocycles. The van der Waals surface area contributed by atoms with Crippen LogP contribution in [0.25, 0.3) is 0 Å². The van der Waals surface area contributed by atoms with Crippen molar-refractivity contribution in [2.24, 2.45) is 5.14 Å². The first-order chi connectivity index (χ1) is 13.7. The molecule has 0 aliphatic heterocycles. The van der Waals surface area contributed by atoms with Crippen molar-refractivity contribution < 1.29 is 36.2 Å². The number of nitrogens with two attached hydrogens (primary N) is 1. The SMILES string of the molecule is COc1ccc(CCNC(=O)c2cc(S(N)(=O)=O)ccc2OC)cc1OC(F)F. The van der Waals surface area contributed by atoms with Gasteiger partial charge in [0.2, 0.25) is 10.0 Å². The molecule has 11 heteroatoms. The van der Waals surface area contributed by atoms with Gasteiger partial charge in [-0.3, -0.25) is 4.79 Å². The van der Waals surface area contributed by atoms with Crippen molar-refractivity contribution in [2.45, 2.75) is 17.9 Å². The molecule has 0 saturated carbocycles. The predicted octanol–water partition coefficient (Wildman–Crippen LogP) is 1.93. The van der Waals surface area contributed by atoms with Gasteiger partial charge in [-0.25, -0.2) is 13.6 Å². The third-order valence-corrected chi connectivity index (χ3v) is 4.80. The number of hydrogen-bond donors (Lipinski definition) is 2. The lowest BCUT2D eigenvalue weighted by atomic mass is 10.1. The summed E-state index contributed by atoms with van der Waals surface area (Å²) in [6.45, 7) is -2.86. The quantitative estimate of drug-likeness (QED) is 0.628. The Balaban J connectivity index is 2.10. The molecule has 0 bridgehead atoms. The van der Waals surface area contributed by atoms with Gasteiger partial charge in [0.25, 0.3) is 5.91 Å². The molecule has 0 spiro atoms. The first kappa shape index (κ1) is 22.4. The second-order valence-electron chi connectivity index (χ2n) is 5.78. The number of ether oxygens (including phenoxy) is 3. The number of amides is 1. The molecule has 29 heavy (non-hydrogen) atoms. The number of rotatable bonds is 9. The molecule has 3 N–H and O–H groups in total. The van der Waals surface area contributed by atoms with Crippen molar-refractivity contribution in [1.82, 2.24) is 5.32 Å². The van der Waals surface area contributed by atoms with Crippen LogP contribution >= 0.6 is 0 Å². The summed E-state index contributed by atoms with van der Waals surface area (Å²) in [5, 5.41) is 7.70. The Kier molecular flexibility index (Phi) is 7.35. The van der Waals surface area contributed by atoms with Crippen molar-refractivity contribution in [3.63, 3.8) is 0 Å². The van der Waals surface area contributed by atoms with Crippen molar-refractivity contribution in [3.8, 4) is 17.2 Å². The van der Waals surface area contributed by atoms with Crippen molar-refractivity contribution in [2.75, 3.05) is 20.8 Å². The Morgan fingerprint density at radius 3 is 2.31 bits per heavy atom. The van der Waals surface area contributed by atoms with Crippen LogP contribution in [-0.4, -0.2) is 41.7 Å². The maximum absolute atomic E-state index is 12.5. The Hall–Kier alpha value is -2.92. The molecule has 0 heterocycles. The second-order valence-corrected chi connectivity index (χ2v) is 7.34. The molecule has 8 nitrogen and oxygen atoms in total. The van der Waals surface area contributed by atoms with Crippen molar-refractivity contribution in [1.29, 1.82) is 0 Å². The van der Waals surface area contributed by atoms with Gasteiger partial charge in [-0.2, -0.15) is 8.78 Å². The van der Waals surface area contributed by atoms with E-state index >= 15 is 0 Å². The molecular formula is C18H20F2N2O6S. The highest BCUT2D eigenvalue weighted by molar-refractivity contribution is 7.89. The molecule has 0 unspecified atom stereocenters. The van der Waals surface area contributed by atoms with Gasteiger partial charge < -0.3 is 19.5 Å². The topological polar surface area (TPSA) is 117 Å². The standard InChI is InChI=1S/C18H20F2N2O6S/c1-26-14-6-4-12(29(21,24)25)10-13(14)17(23)22-8-7-11-3-5-15(27-2)16(9-11)28-18(19)20/h3-6,9-10,18H,7-8H2,1-2H3,(H,22,23)(H2,21,24,25). The molecule has 0 radical (unpaired) electrons. The minimum absolute atomic E-state index is 0.00419. The first-order valence-corrected chi connectivity index (χ1v) is 9.81. The zero-order valence-electron chi connectivity index (χ0n) is 15.6. The zero-order valence-corrected chi connectivity index (χ0v) is 16.5. The monoisotopic (exact) mass is 430 g/mol. The fourth-order valence-corrected chi connectivity index (χ4v) is 3.06. The molecule has 2 aromatic rings. The van der Waals surface area contributed by atoms with Crippen LogP contribution in [0.1, 0.15) is 15.9 Å². The Morgan fingerprint density at radius 1 is 1.07 bits per heavy atom. The lowest BCUT2D eigenvalue weighted by Gasteiger charge is -2.13. The van der Waals surface area contributed by atoms with Crippen molar-refractivity contribution in [3.05, 3.63) is 47.5 Å². The number of methoxy groups -OCH3 is 2. The average molecular weight is 430 g/mol. The molecule has 1 amide bonds. The van der Waals surface area contributed by atoms with Crippen LogP contribution in [-0.2, 0) is 16.4 Å². The zero-order chi connectivity index (χ0) is 21.6. The first-order valence-electron chi connectivity index (χ1n) is 8.26. The van der Waals surface area contributed by atoms with Gasteiger partial charge in [-0.05, 0) is 42.3 Å². The van der Waals surface area contributed by atoms with E-state index in [4.69, 9.17) is 14.6 Å². The van der Waals surface area contributed by atoms with Crippen molar-refractivity contribution >= 4 is 15.9 Å². The highest BCUT2D eigenvalue weighted by Crippen LogP contribution is 2.29. The van der Waals surface area contributed by atoms with Gasteiger partial charge >= 0.3 is 6.61 Å². The van der Waals surface area contributed by atoms with Crippen LogP contribution in [0.2, 0.25) is 0 Å². The van der Waals surface area contributed by atoms with Crippen LogP contribution in [0.5, 0.6) is 17.2 Å². The van der Waals surface area contributed by atoms with Gasteiger partial charge in [-0.1, -0.05) is 6.07 Å². The van der Waals surface area contributed by atoms with Gasteiger partial charge in [0.1, 0.15) is 5.75 Å². The number of carbonyl (C=O) groups is 1. The normalized spacial score (nSPS) is 11.2. The number of primary sulfonamides is 1. The van der Waals surface area contributed by atoms with E-state index in [9.17, 15) is 22.0 Å². The minimum Gasteiger partial charge on any atom is -0.496 e. The van der Waals surface area contributed by atoms with Crippen LogP contribution in [0, 0.1) is 0 Å². The Morgan fingerprint density at radius 2 is 1.72 bits per heavy atom. The lowest BCUT2D eigenvalue weighted by Crippen LogP contribution is -2.26. The summed E-state index contributed by atoms with van der Waals surface area (Å²) in [7, 11) is -1.32. The number of alkyl halides is 2. The van der Waals surface area contributed by atoms with E-state index < -0.39 is 22.5 Å². The maximum Gasteiger partial charge on any atom is 0.387 e. The van der Waals surface area contributed by atoms with E-state index in [0.717, 1.165) is 6.07 Å². The van der Waals surface area contributed by atoms with E-state index in [1.807, 2.05) is 0 Å². The van der Waals surface area contributed by atoms with Crippen LogP contribution in [0.15, 0.2) is 41.3 Å². The van der Waals surface area contributed by atoms with E-state index in [1.165, 1.54) is 38.5 Å². The number of halogens is 2. The van der Waals surface area contributed by atoms with Gasteiger partial charge in [-0.15, -0.1) is 0 Å².